The molecule has 4 nitrogen and oxygen atoms in total. The molecule has 1 unspecified atom stereocenters. The number of aryl methyl sites for hydroxylation is 1. The molecule has 2 aromatic rings. The van der Waals surface area contributed by atoms with Gasteiger partial charge in [0.2, 0.25) is 17.5 Å². The summed E-state index contributed by atoms with van der Waals surface area (Å²) in [5.74, 6) is -4.66. The molecule has 0 aliphatic rings. The van der Waals surface area contributed by atoms with Crippen LogP contribution in [-0.2, 0) is 4.79 Å². The first-order chi connectivity index (χ1) is 9.68. The van der Waals surface area contributed by atoms with E-state index < -0.39 is 29.6 Å². The predicted molar refractivity (Wildman–Crippen MR) is 63.9 cm³/mol. The Hall–Kier alpha value is -2.25. The number of aromatic nitrogens is 2. The minimum Gasteiger partial charge on any atom is -0.338 e. The third-order valence-corrected chi connectivity index (χ3v) is 2.79. The normalized spacial score (nSPS) is 13.2. The molecule has 0 fully saturated rings. The van der Waals surface area contributed by atoms with Crippen molar-refractivity contribution in [1.82, 2.24) is 10.1 Å². The summed E-state index contributed by atoms with van der Waals surface area (Å²) in [6.07, 6.45) is -4.98. The molecule has 0 radical (unpaired) electrons. The summed E-state index contributed by atoms with van der Waals surface area (Å²) in [6, 6.07) is 3.95. The Morgan fingerprint density at radius 2 is 1.95 bits per heavy atom. The highest BCUT2D eigenvalue weighted by atomic mass is 19.4. The van der Waals surface area contributed by atoms with Gasteiger partial charge in [0, 0.05) is 5.56 Å². The number of hydrogen-bond donors (Lipinski definition) is 0. The van der Waals surface area contributed by atoms with Gasteiger partial charge in [-0.05, 0) is 37.6 Å². The van der Waals surface area contributed by atoms with E-state index in [0.29, 0.717) is 5.56 Å². The lowest BCUT2D eigenvalue weighted by molar-refractivity contribution is -0.172. The molecular formula is C13H10F4N2O2. The Kier molecular flexibility index (Phi) is 3.80. The molecule has 1 atom stereocenters. The van der Waals surface area contributed by atoms with Crippen LogP contribution < -0.4 is 0 Å². The predicted octanol–water partition coefficient (Wildman–Crippen LogP) is 3.42. The minimum absolute atomic E-state index is 0.0746. The largest absolute Gasteiger partial charge is 0.450 e. The van der Waals surface area contributed by atoms with Crippen molar-refractivity contribution in [2.24, 2.45) is 0 Å². The van der Waals surface area contributed by atoms with Crippen LogP contribution in [0, 0.1) is 12.7 Å². The van der Waals surface area contributed by atoms with Crippen molar-refractivity contribution in [3.8, 4) is 11.4 Å². The number of Topliss-reactive ketones (excluding diaryl/α,β-unsaturated/α-hetero) is 1. The number of nitrogens with zero attached hydrogens (tertiary/aromatic N) is 2. The first kappa shape index (κ1) is 15.1. The van der Waals surface area contributed by atoms with Crippen LogP contribution in [0.1, 0.15) is 24.3 Å². The van der Waals surface area contributed by atoms with Crippen LogP contribution in [0.25, 0.3) is 11.4 Å². The van der Waals surface area contributed by atoms with Gasteiger partial charge in [-0.1, -0.05) is 5.16 Å². The van der Waals surface area contributed by atoms with Gasteiger partial charge in [0.1, 0.15) is 11.7 Å². The van der Waals surface area contributed by atoms with E-state index in [0.717, 1.165) is 13.0 Å². The summed E-state index contributed by atoms with van der Waals surface area (Å²) in [7, 11) is 0. The third-order valence-electron chi connectivity index (χ3n) is 2.79. The minimum atomic E-state index is -4.98. The molecule has 21 heavy (non-hydrogen) atoms. The Morgan fingerprint density at radius 1 is 1.29 bits per heavy atom. The van der Waals surface area contributed by atoms with Crippen LogP contribution in [0.2, 0.25) is 0 Å². The maximum absolute atomic E-state index is 13.3. The van der Waals surface area contributed by atoms with Gasteiger partial charge >= 0.3 is 6.18 Å². The molecule has 112 valence electrons. The Morgan fingerprint density at radius 3 is 2.52 bits per heavy atom. The van der Waals surface area contributed by atoms with Crippen molar-refractivity contribution in [1.29, 1.82) is 0 Å². The van der Waals surface area contributed by atoms with E-state index >= 15 is 0 Å². The highest BCUT2D eigenvalue weighted by Gasteiger charge is 2.44. The third kappa shape index (κ3) is 3.26. The first-order valence-corrected chi connectivity index (χ1v) is 5.90. The zero-order chi connectivity index (χ0) is 15.8. The average Bonchev–Trinajstić information content (AvgIpc) is 2.84. The average molecular weight is 302 g/mol. The van der Waals surface area contributed by atoms with E-state index in [9.17, 15) is 22.4 Å². The van der Waals surface area contributed by atoms with Crippen LogP contribution in [0.3, 0.4) is 0 Å². The Bertz CT molecular complexity index is 659. The lowest BCUT2D eigenvalue weighted by Gasteiger charge is -2.08. The summed E-state index contributed by atoms with van der Waals surface area (Å²) >= 11 is 0. The van der Waals surface area contributed by atoms with E-state index in [4.69, 9.17) is 0 Å². The van der Waals surface area contributed by atoms with Crippen molar-refractivity contribution in [3.63, 3.8) is 0 Å². The smallest absolute Gasteiger partial charge is 0.338 e. The molecule has 0 saturated heterocycles. The molecule has 0 bridgehead atoms. The summed E-state index contributed by atoms with van der Waals surface area (Å²) in [6.45, 7) is 2.66. The van der Waals surface area contributed by atoms with Crippen LogP contribution in [-0.4, -0.2) is 22.1 Å². The molecule has 0 spiro atoms. The van der Waals surface area contributed by atoms with Gasteiger partial charge in [-0.2, -0.15) is 18.2 Å². The van der Waals surface area contributed by atoms with E-state index in [1.54, 1.807) is 13.0 Å². The topological polar surface area (TPSA) is 56.0 Å². The fraction of sp³-hybridized carbons (Fsp3) is 0.308. The molecule has 2 rings (SSSR count). The number of carbonyl (C=O) groups excluding carboxylic acids is 1. The maximum atomic E-state index is 13.3. The lowest BCUT2D eigenvalue weighted by atomic mass is 10.1. The number of halogens is 4. The van der Waals surface area contributed by atoms with Crippen LogP contribution in [0.15, 0.2) is 22.7 Å². The van der Waals surface area contributed by atoms with Crippen LogP contribution in [0.5, 0.6) is 0 Å². The number of hydrogen-bond acceptors (Lipinski definition) is 4. The maximum Gasteiger partial charge on any atom is 0.450 e. The van der Waals surface area contributed by atoms with E-state index in [-0.39, 0.29) is 11.4 Å². The van der Waals surface area contributed by atoms with Crippen LogP contribution >= 0.6 is 0 Å². The quantitative estimate of drug-likeness (QED) is 0.815. The Labute approximate surface area is 116 Å². The summed E-state index contributed by atoms with van der Waals surface area (Å²) < 4.78 is 54.9. The van der Waals surface area contributed by atoms with Crippen molar-refractivity contribution in [3.05, 3.63) is 35.5 Å². The second-order valence-corrected chi connectivity index (χ2v) is 4.56. The molecular weight excluding hydrogens is 292 g/mol. The van der Waals surface area contributed by atoms with Gasteiger partial charge in [-0.25, -0.2) is 4.39 Å². The molecule has 1 aromatic carbocycles. The number of ketones is 1. The summed E-state index contributed by atoms with van der Waals surface area (Å²) in [5.41, 5.74) is 0.852. The highest BCUT2D eigenvalue weighted by molar-refractivity contribution is 5.89. The van der Waals surface area contributed by atoms with Crippen LogP contribution in [0.4, 0.5) is 17.6 Å². The van der Waals surface area contributed by atoms with Gasteiger partial charge in [0.15, 0.2) is 0 Å². The van der Waals surface area contributed by atoms with Crippen molar-refractivity contribution in [2.75, 3.05) is 0 Å². The van der Waals surface area contributed by atoms with E-state index in [1.165, 1.54) is 6.07 Å². The lowest BCUT2D eigenvalue weighted by Crippen LogP contribution is -2.27. The van der Waals surface area contributed by atoms with Gasteiger partial charge in [0.25, 0.3) is 0 Å². The molecule has 0 N–H and O–H groups in total. The second kappa shape index (κ2) is 5.27. The molecule has 0 aliphatic carbocycles. The first-order valence-electron chi connectivity index (χ1n) is 5.90. The van der Waals surface area contributed by atoms with Gasteiger partial charge in [-0.3, -0.25) is 4.79 Å². The van der Waals surface area contributed by atoms with E-state index in [2.05, 4.69) is 14.7 Å². The number of rotatable bonds is 3. The SMILES string of the molecule is Cc1cc(F)cc(-c2noc(C(C)C(=O)C(F)(F)F)n2)c1. The van der Waals surface area contributed by atoms with Crippen molar-refractivity contribution in [2.45, 2.75) is 25.9 Å². The molecule has 1 aromatic heterocycles. The molecule has 1 heterocycles. The second-order valence-electron chi connectivity index (χ2n) is 4.56. The summed E-state index contributed by atoms with van der Waals surface area (Å²) in [5, 5.41) is 3.48. The highest BCUT2D eigenvalue weighted by Crippen LogP contribution is 2.28. The fourth-order valence-corrected chi connectivity index (χ4v) is 1.75. The van der Waals surface area contributed by atoms with Gasteiger partial charge < -0.3 is 4.52 Å². The standard InChI is InChI=1S/C13H10F4N2O2/c1-6-3-8(5-9(14)4-6)11-18-12(21-19-11)7(2)10(20)13(15,16)17/h3-5,7H,1-2H3. The number of carbonyl (C=O) groups is 1. The molecule has 0 saturated carbocycles. The fourth-order valence-electron chi connectivity index (χ4n) is 1.75. The summed E-state index contributed by atoms with van der Waals surface area (Å²) in [4.78, 5) is 14.8. The zero-order valence-corrected chi connectivity index (χ0v) is 11.0. The molecule has 0 amide bonds. The van der Waals surface area contributed by atoms with Crippen molar-refractivity contribution >= 4 is 5.78 Å². The van der Waals surface area contributed by atoms with Gasteiger partial charge in [0.05, 0.1) is 0 Å². The number of benzene rings is 1. The number of alkyl halides is 3. The van der Waals surface area contributed by atoms with Crippen molar-refractivity contribution < 1.29 is 26.9 Å². The van der Waals surface area contributed by atoms with E-state index in [1.807, 2.05) is 0 Å². The Balaban J connectivity index is 2.32. The zero-order valence-electron chi connectivity index (χ0n) is 11.0. The van der Waals surface area contributed by atoms with Gasteiger partial charge in [-0.15, -0.1) is 0 Å². The monoisotopic (exact) mass is 302 g/mol. The molecule has 0 aliphatic heterocycles. The molecule has 8 heteroatoms.